The van der Waals surface area contributed by atoms with Gasteiger partial charge in [-0.05, 0) is 30.5 Å². The fourth-order valence-corrected chi connectivity index (χ4v) is 2.76. The van der Waals surface area contributed by atoms with Gasteiger partial charge in [0.05, 0.1) is 12.8 Å². The first-order valence-corrected chi connectivity index (χ1v) is 7.40. The molecule has 1 atom stereocenters. The molecule has 0 aliphatic carbocycles. The summed E-state index contributed by atoms with van der Waals surface area (Å²) in [7, 11) is 1.54. The third kappa shape index (κ3) is 4.10. The lowest BCUT2D eigenvalue weighted by atomic mass is 10.1. The highest BCUT2D eigenvalue weighted by Crippen LogP contribution is 2.29. The smallest absolute Gasteiger partial charge is 0.321 e. The molecule has 0 bridgehead atoms. The molecular formula is C14H17BrN2O4. The van der Waals surface area contributed by atoms with Gasteiger partial charge in [-0.2, -0.15) is 0 Å². The van der Waals surface area contributed by atoms with Crippen molar-refractivity contribution >= 4 is 33.6 Å². The molecule has 1 heterocycles. The van der Waals surface area contributed by atoms with Gasteiger partial charge in [0, 0.05) is 24.0 Å². The Kier molecular flexibility index (Phi) is 5.06. The SMILES string of the molecule is COc1ccc(Br)cc1NC(=O)N1CCC(CC(=O)O)C1. The number of carbonyl (C=O) groups is 2. The van der Waals surface area contributed by atoms with Crippen LogP contribution in [0.1, 0.15) is 12.8 Å². The lowest BCUT2D eigenvalue weighted by Gasteiger charge is -2.18. The van der Waals surface area contributed by atoms with Crippen LogP contribution in [0.4, 0.5) is 10.5 Å². The lowest BCUT2D eigenvalue weighted by molar-refractivity contribution is -0.138. The Balaban J connectivity index is 1.99. The highest BCUT2D eigenvalue weighted by atomic mass is 79.9. The van der Waals surface area contributed by atoms with Gasteiger partial charge in [-0.15, -0.1) is 0 Å². The van der Waals surface area contributed by atoms with Gasteiger partial charge in [0.15, 0.2) is 0 Å². The second-order valence-electron chi connectivity index (χ2n) is 4.97. The number of ether oxygens (including phenoxy) is 1. The quantitative estimate of drug-likeness (QED) is 0.869. The third-order valence-electron chi connectivity index (χ3n) is 3.44. The number of urea groups is 1. The number of benzene rings is 1. The number of anilines is 1. The molecule has 1 aliphatic rings. The zero-order valence-electron chi connectivity index (χ0n) is 11.6. The van der Waals surface area contributed by atoms with Crippen LogP contribution >= 0.6 is 15.9 Å². The van der Waals surface area contributed by atoms with Crippen molar-refractivity contribution in [2.24, 2.45) is 5.92 Å². The van der Waals surface area contributed by atoms with E-state index < -0.39 is 5.97 Å². The largest absolute Gasteiger partial charge is 0.495 e. The first-order chi connectivity index (χ1) is 9.99. The number of carbonyl (C=O) groups excluding carboxylic acids is 1. The fourth-order valence-electron chi connectivity index (χ4n) is 2.40. The molecule has 21 heavy (non-hydrogen) atoms. The number of halogens is 1. The van der Waals surface area contributed by atoms with E-state index in [1.807, 2.05) is 6.07 Å². The number of carboxylic acids is 1. The maximum Gasteiger partial charge on any atom is 0.321 e. The van der Waals surface area contributed by atoms with Gasteiger partial charge in [0.25, 0.3) is 0 Å². The summed E-state index contributed by atoms with van der Waals surface area (Å²) in [5.74, 6) is -0.221. The summed E-state index contributed by atoms with van der Waals surface area (Å²) in [6.07, 6.45) is 0.819. The summed E-state index contributed by atoms with van der Waals surface area (Å²) < 4.78 is 6.04. The van der Waals surface area contributed by atoms with Crippen LogP contribution in [0.25, 0.3) is 0 Å². The molecule has 1 aliphatic heterocycles. The van der Waals surface area contributed by atoms with Crippen molar-refractivity contribution < 1.29 is 19.4 Å². The van der Waals surface area contributed by atoms with Gasteiger partial charge in [-0.25, -0.2) is 4.79 Å². The van der Waals surface area contributed by atoms with E-state index in [9.17, 15) is 9.59 Å². The molecule has 114 valence electrons. The predicted molar refractivity (Wildman–Crippen MR) is 81.6 cm³/mol. The van der Waals surface area contributed by atoms with E-state index in [0.717, 1.165) is 10.9 Å². The fraction of sp³-hybridized carbons (Fsp3) is 0.429. The summed E-state index contributed by atoms with van der Waals surface area (Å²) in [6, 6.07) is 5.12. The molecule has 1 unspecified atom stereocenters. The van der Waals surface area contributed by atoms with Gasteiger partial charge >= 0.3 is 12.0 Å². The Morgan fingerprint density at radius 2 is 2.29 bits per heavy atom. The molecule has 1 fully saturated rings. The van der Waals surface area contributed by atoms with Gasteiger partial charge in [0.2, 0.25) is 0 Å². The van der Waals surface area contributed by atoms with Gasteiger partial charge in [-0.1, -0.05) is 15.9 Å². The molecule has 6 nitrogen and oxygen atoms in total. The van der Waals surface area contributed by atoms with Crippen LogP contribution in [0.3, 0.4) is 0 Å². The molecule has 2 N–H and O–H groups in total. The first-order valence-electron chi connectivity index (χ1n) is 6.61. The number of nitrogens with one attached hydrogen (secondary N) is 1. The van der Waals surface area contributed by atoms with E-state index in [1.165, 1.54) is 7.11 Å². The van der Waals surface area contributed by atoms with Crippen molar-refractivity contribution in [2.75, 3.05) is 25.5 Å². The highest BCUT2D eigenvalue weighted by molar-refractivity contribution is 9.10. The number of hydrogen-bond acceptors (Lipinski definition) is 3. The number of hydrogen-bond donors (Lipinski definition) is 2. The van der Waals surface area contributed by atoms with Crippen LogP contribution in [0.15, 0.2) is 22.7 Å². The summed E-state index contributed by atoms with van der Waals surface area (Å²) in [5, 5.41) is 11.6. The average molecular weight is 357 g/mol. The van der Waals surface area contributed by atoms with Crippen LogP contribution in [0.2, 0.25) is 0 Å². The van der Waals surface area contributed by atoms with Gasteiger partial charge in [0.1, 0.15) is 5.75 Å². The number of carboxylic acid groups (broad SMARTS) is 1. The molecule has 0 spiro atoms. The van der Waals surface area contributed by atoms with Crippen molar-refractivity contribution in [3.05, 3.63) is 22.7 Å². The van der Waals surface area contributed by atoms with Crippen LogP contribution < -0.4 is 10.1 Å². The molecule has 2 rings (SSSR count). The number of rotatable bonds is 4. The molecular weight excluding hydrogens is 340 g/mol. The predicted octanol–water partition coefficient (Wildman–Crippen LogP) is 2.79. The Bertz CT molecular complexity index is 550. The summed E-state index contributed by atoms with van der Waals surface area (Å²) in [5.41, 5.74) is 0.582. The van der Waals surface area contributed by atoms with Crippen molar-refractivity contribution in [3.63, 3.8) is 0 Å². The monoisotopic (exact) mass is 356 g/mol. The lowest BCUT2D eigenvalue weighted by Crippen LogP contribution is -2.33. The van der Waals surface area contributed by atoms with Gasteiger partial charge < -0.3 is 20.1 Å². The molecule has 0 aromatic heterocycles. The van der Waals surface area contributed by atoms with E-state index in [4.69, 9.17) is 9.84 Å². The van der Waals surface area contributed by atoms with E-state index in [-0.39, 0.29) is 18.4 Å². The van der Waals surface area contributed by atoms with Crippen LogP contribution in [-0.2, 0) is 4.79 Å². The number of nitrogens with zero attached hydrogens (tertiary/aromatic N) is 1. The molecule has 0 radical (unpaired) electrons. The second-order valence-corrected chi connectivity index (χ2v) is 5.89. The molecule has 2 amide bonds. The summed E-state index contributed by atoms with van der Waals surface area (Å²) >= 11 is 3.35. The third-order valence-corrected chi connectivity index (χ3v) is 3.93. The van der Waals surface area contributed by atoms with Crippen molar-refractivity contribution in [1.29, 1.82) is 0 Å². The van der Waals surface area contributed by atoms with Crippen molar-refractivity contribution in [3.8, 4) is 5.75 Å². The molecule has 1 aromatic carbocycles. The highest BCUT2D eigenvalue weighted by Gasteiger charge is 2.28. The van der Waals surface area contributed by atoms with Gasteiger partial charge in [-0.3, -0.25) is 4.79 Å². The average Bonchev–Trinajstić information content (AvgIpc) is 2.86. The minimum absolute atomic E-state index is 0.0256. The zero-order valence-corrected chi connectivity index (χ0v) is 13.2. The van der Waals surface area contributed by atoms with Crippen LogP contribution in [0, 0.1) is 5.92 Å². The zero-order chi connectivity index (χ0) is 15.4. The van der Waals surface area contributed by atoms with E-state index in [2.05, 4.69) is 21.2 Å². The number of amides is 2. The Morgan fingerprint density at radius 3 is 2.95 bits per heavy atom. The van der Waals surface area contributed by atoms with E-state index in [1.54, 1.807) is 17.0 Å². The maximum atomic E-state index is 12.2. The number of aliphatic carboxylic acids is 1. The Morgan fingerprint density at radius 1 is 1.52 bits per heavy atom. The minimum atomic E-state index is -0.823. The van der Waals surface area contributed by atoms with Crippen LogP contribution in [-0.4, -0.2) is 42.2 Å². The van der Waals surface area contributed by atoms with E-state index in [0.29, 0.717) is 24.5 Å². The van der Waals surface area contributed by atoms with Crippen molar-refractivity contribution in [2.45, 2.75) is 12.8 Å². The molecule has 1 aromatic rings. The minimum Gasteiger partial charge on any atom is -0.495 e. The number of methoxy groups -OCH3 is 1. The Hall–Kier alpha value is -1.76. The second kappa shape index (κ2) is 6.80. The molecule has 7 heteroatoms. The molecule has 1 saturated heterocycles. The topological polar surface area (TPSA) is 78.9 Å². The van der Waals surface area contributed by atoms with Crippen LogP contribution in [0.5, 0.6) is 5.75 Å². The Labute approximate surface area is 131 Å². The molecule has 0 saturated carbocycles. The summed E-state index contributed by atoms with van der Waals surface area (Å²) in [6.45, 7) is 1.04. The number of likely N-dealkylation sites (tertiary alicyclic amines) is 1. The first kappa shape index (κ1) is 15.6. The maximum absolute atomic E-state index is 12.2. The van der Waals surface area contributed by atoms with E-state index >= 15 is 0 Å². The summed E-state index contributed by atoms with van der Waals surface area (Å²) in [4.78, 5) is 24.6. The normalized spacial score (nSPS) is 17.6. The van der Waals surface area contributed by atoms with Crippen molar-refractivity contribution in [1.82, 2.24) is 4.90 Å². The standard InChI is InChI=1S/C14H17BrN2O4/c1-21-12-3-2-10(15)7-11(12)16-14(20)17-5-4-9(8-17)6-13(18)19/h2-3,7,9H,4-6,8H2,1H3,(H,16,20)(H,18,19).